The van der Waals surface area contributed by atoms with Gasteiger partial charge < -0.3 is 15.5 Å². The van der Waals surface area contributed by atoms with Gasteiger partial charge in [0.2, 0.25) is 5.91 Å². The molecular formula is C16H20F3NO3. The van der Waals surface area contributed by atoms with E-state index in [0.29, 0.717) is 12.8 Å². The Bertz CT molecular complexity index is 554. The molecule has 23 heavy (non-hydrogen) atoms. The highest BCUT2D eigenvalue weighted by molar-refractivity contribution is 5.77. The first-order valence-corrected chi connectivity index (χ1v) is 7.54. The molecule has 1 saturated carbocycles. The van der Waals surface area contributed by atoms with Gasteiger partial charge in [-0.1, -0.05) is 25.0 Å². The van der Waals surface area contributed by atoms with Crippen molar-refractivity contribution in [2.45, 2.75) is 50.0 Å². The van der Waals surface area contributed by atoms with E-state index in [1.54, 1.807) is 0 Å². The SMILES string of the molecule is O=C(CC1(O)CCCC1)NCC(O)c1cccc(C(F)(F)F)c1. The Hall–Kier alpha value is -1.60. The quantitative estimate of drug-likeness (QED) is 0.777. The summed E-state index contributed by atoms with van der Waals surface area (Å²) in [4.78, 5) is 11.8. The number of carbonyl (C=O) groups excluding carboxylic acids is 1. The monoisotopic (exact) mass is 331 g/mol. The Balaban J connectivity index is 1.89. The molecule has 1 aromatic rings. The average molecular weight is 331 g/mol. The Morgan fingerprint density at radius 3 is 2.57 bits per heavy atom. The van der Waals surface area contributed by atoms with Gasteiger partial charge in [-0.05, 0) is 30.5 Å². The fraction of sp³-hybridized carbons (Fsp3) is 0.562. The van der Waals surface area contributed by atoms with Crippen molar-refractivity contribution < 1.29 is 28.2 Å². The van der Waals surface area contributed by atoms with Crippen LogP contribution in [0.25, 0.3) is 0 Å². The molecule has 1 aliphatic rings. The molecule has 0 aromatic heterocycles. The molecule has 0 spiro atoms. The molecule has 7 heteroatoms. The van der Waals surface area contributed by atoms with Crippen LogP contribution in [0.5, 0.6) is 0 Å². The Labute approximate surface area is 132 Å². The van der Waals surface area contributed by atoms with Crippen molar-refractivity contribution in [2.75, 3.05) is 6.54 Å². The third kappa shape index (κ3) is 4.94. The lowest BCUT2D eigenvalue weighted by Crippen LogP contribution is -2.36. The number of benzene rings is 1. The average Bonchev–Trinajstić information content (AvgIpc) is 2.90. The van der Waals surface area contributed by atoms with E-state index in [-0.39, 0.29) is 18.5 Å². The molecule has 1 aliphatic carbocycles. The van der Waals surface area contributed by atoms with Crippen LogP contribution >= 0.6 is 0 Å². The summed E-state index contributed by atoms with van der Waals surface area (Å²) in [6.07, 6.45) is -2.90. The molecule has 1 fully saturated rings. The van der Waals surface area contributed by atoms with Crippen molar-refractivity contribution in [3.8, 4) is 0 Å². The molecule has 2 rings (SSSR count). The van der Waals surface area contributed by atoms with Gasteiger partial charge in [-0.15, -0.1) is 0 Å². The maximum atomic E-state index is 12.6. The number of hydrogen-bond donors (Lipinski definition) is 3. The maximum Gasteiger partial charge on any atom is 0.416 e. The summed E-state index contributed by atoms with van der Waals surface area (Å²) >= 11 is 0. The third-order valence-corrected chi connectivity index (χ3v) is 4.12. The minimum atomic E-state index is -4.48. The summed E-state index contributed by atoms with van der Waals surface area (Å²) < 4.78 is 37.9. The lowest BCUT2D eigenvalue weighted by Gasteiger charge is -2.22. The third-order valence-electron chi connectivity index (χ3n) is 4.12. The summed E-state index contributed by atoms with van der Waals surface area (Å²) in [6, 6.07) is 4.37. The first kappa shape index (κ1) is 17.7. The summed E-state index contributed by atoms with van der Waals surface area (Å²) in [6.45, 7) is -0.198. The molecule has 0 bridgehead atoms. The maximum absolute atomic E-state index is 12.6. The standard InChI is InChI=1S/C16H20F3NO3/c17-16(18,19)12-5-3-4-11(8-12)13(21)10-20-14(22)9-15(23)6-1-2-7-15/h3-5,8,13,21,23H,1-2,6-7,9-10H2,(H,20,22). The molecule has 4 nitrogen and oxygen atoms in total. The number of nitrogens with one attached hydrogen (secondary N) is 1. The lowest BCUT2D eigenvalue weighted by molar-refractivity contribution is -0.137. The number of hydrogen-bond acceptors (Lipinski definition) is 3. The molecular weight excluding hydrogens is 311 g/mol. The van der Waals surface area contributed by atoms with Crippen LogP contribution in [0.3, 0.4) is 0 Å². The fourth-order valence-electron chi connectivity index (χ4n) is 2.82. The molecule has 1 aromatic carbocycles. The number of halogens is 3. The lowest BCUT2D eigenvalue weighted by atomic mass is 9.97. The highest BCUT2D eigenvalue weighted by Gasteiger charge is 2.33. The van der Waals surface area contributed by atoms with Crippen LogP contribution < -0.4 is 5.32 Å². The van der Waals surface area contributed by atoms with Crippen LogP contribution in [0.15, 0.2) is 24.3 Å². The van der Waals surface area contributed by atoms with Gasteiger partial charge in [-0.2, -0.15) is 13.2 Å². The number of aliphatic hydroxyl groups is 2. The van der Waals surface area contributed by atoms with Gasteiger partial charge in [0.25, 0.3) is 0 Å². The van der Waals surface area contributed by atoms with Gasteiger partial charge >= 0.3 is 6.18 Å². The van der Waals surface area contributed by atoms with Crippen LogP contribution in [0, 0.1) is 0 Å². The van der Waals surface area contributed by atoms with Crippen molar-refractivity contribution in [1.82, 2.24) is 5.32 Å². The van der Waals surface area contributed by atoms with E-state index in [9.17, 15) is 28.2 Å². The van der Waals surface area contributed by atoms with Crippen molar-refractivity contribution in [3.05, 3.63) is 35.4 Å². The van der Waals surface area contributed by atoms with Crippen LogP contribution in [-0.2, 0) is 11.0 Å². The van der Waals surface area contributed by atoms with Gasteiger partial charge in [0.1, 0.15) is 0 Å². The van der Waals surface area contributed by atoms with Crippen LogP contribution in [0.4, 0.5) is 13.2 Å². The first-order chi connectivity index (χ1) is 10.7. The fourth-order valence-corrected chi connectivity index (χ4v) is 2.82. The van der Waals surface area contributed by atoms with Crippen molar-refractivity contribution in [3.63, 3.8) is 0 Å². The molecule has 1 amide bonds. The predicted octanol–water partition coefficient (Wildman–Crippen LogP) is 2.55. The number of amides is 1. The molecule has 0 aliphatic heterocycles. The Kier molecular flexibility index (Phi) is 5.31. The predicted molar refractivity (Wildman–Crippen MR) is 77.4 cm³/mol. The Morgan fingerprint density at radius 1 is 1.30 bits per heavy atom. The van der Waals surface area contributed by atoms with Gasteiger partial charge in [0.15, 0.2) is 0 Å². The molecule has 1 unspecified atom stereocenters. The highest BCUT2D eigenvalue weighted by Crippen LogP contribution is 2.32. The van der Waals surface area contributed by atoms with Gasteiger partial charge in [0, 0.05) is 6.54 Å². The Morgan fingerprint density at radius 2 is 1.96 bits per heavy atom. The molecule has 0 radical (unpaired) electrons. The number of carbonyl (C=O) groups is 1. The summed E-state index contributed by atoms with van der Waals surface area (Å²) in [5.74, 6) is -0.416. The van der Waals surface area contributed by atoms with Gasteiger partial charge in [-0.3, -0.25) is 4.79 Å². The number of aliphatic hydroxyl groups excluding tert-OH is 1. The molecule has 0 saturated heterocycles. The second-order valence-corrected chi connectivity index (χ2v) is 6.05. The topological polar surface area (TPSA) is 69.6 Å². The normalized spacial score (nSPS) is 18.7. The van der Waals surface area contributed by atoms with Crippen molar-refractivity contribution in [2.24, 2.45) is 0 Å². The second kappa shape index (κ2) is 6.88. The van der Waals surface area contributed by atoms with E-state index >= 15 is 0 Å². The van der Waals surface area contributed by atoms with E-state index in [1.807, 2.05) is 0 Å². The smallest absolute Gasteiger partial charge is 0.389 e. The zero-order chi connectivity index (χ0) is 17.1. The van der Waals surface area contributed by atoms with Gasteiger partial charge in [0.05, 0.1) is 23.7 Å². The van der Waals surface area contributed by atoms with E-state index in [2.05, 4.69) is 5.32 Å². The largest absolute Gasteiger partial charge is 0.416 e. The van der Waals surface area contributed by atoms with Crippen molar-refractivity contribution >= 4 is 5.91 Å². The minimum Gasteiger partial charge on any atom is -0.389 e. The van der Waals surface area contributed by atoms with Gasteiger partial charge in [-0.25, -0.2) is 0 Å². The summed E-state index contributed by atoms with van der Waals surface area (Å²) in [5.41, 5.74) is -1.76. The van der Waals surface area contributed by atoms with Crippen molar-refractivity contribution in [1.29, 1.82) is 0 Å². The van der Waals surface area contributed by atoms with Crippen LogP contribution in [-0.4, -0.2) is 28.3 Å². The summed E-state index contributed by atoms with van der Waals surface area (Å²) in [5, 5.41) is 22.5. The number of alkyl halides is 3. The zero-order valence-corrected chi connectivity index (χ0v) is 12.6. The van der Waals surface area contributed by atoms with Crippen LogP contribution in [0.2, 0.25) is 0 Å². The first-order valence-electron chi connectivity index (χ1n) is 7.54. The minimum absolute atomic E-state index is 0.0533. The number of rotatable bonds is 5. The van der Waals surface area contributed by atoms with Crippen LogP contribution in [0.1, 0.15) is 49.3 Å². The van der Waals surface area contributed by atoms with E-state index in [4.69, 9.17) is 0 Å². The molecule has 3 N–H and O–H groups in total. The highest BCUT2D eigenvalue weighted by atomic mass is 19.4. The van der Waals surface area contributed by atoms with E-state index in [0.717, 1.165) is 25.0 Å². The zero-order valence-electron chi connectivity index (χ0n) is 12.6. The van der Waals surface area contributed by atoms with E-state index < -0.39 is 29.4 Å². The second-order valence-electron chi connectivity index (χ2n) is 6.05. The van der Waals surface area contributed by atoms with E-state index in [1.165, 1.54) is 12.1 Å². The molecule has 1 atom stereocenters. The summed E-state index contributed by atoms with van der Waals surface area (Å²) in [7, 11) is 0. The molecule has 0 heterocycles. The molecule has 128 valence electrons.